The van der Waals surface area contributed by atoms with E-state index in [2.05, 4.69) is 0 Å². The Bertz CT molecular complexity index is 2010. The fourth-order valence-electron chi connectivity index (χ4n) is 4.81. The molecule has 0 saturated heterocycles. The van der Waals surface area contributed by atoms with Crippen molar-refractivity contribution in [2.24, 2.45) is 0 Å². The van der Waals surface area contributed by atoms with E-state index >= 15 is 0 Å². The largest absolute Gasteiger partial charge is 0.505 e. The molecule has 0 bridgehead atoms. The van der Waals surface area contributed by atoms with Crippen LogP contribution in [0.1, 0.15) is 27.0 Å². The Hall–Kier alpha value is -3.86. The molecule has 0 radical (unpaired) electrons. The van der Waals surface area contributed by atoms with E-state index in [1.807, 2.05) is 0 Å². The molecule has 47 heavy (non-hydrogen) atoms. The first-order valence-electron chi connectivity index (χ1n) is 13.8. The molecule has 5 aromatic carbocycles. The second-order valence-corrected chi connectivity index (χ2v) is 14.0. The van der Waals surface area contributed by atoms with Gasteiger partial charge < -0.3 is 10.0 Å². The van der Waals surface area contributed by atoms with Gasteiger partial charge in [-0.25, -0.2) is 17.2 Å². The van der Waals surface area contributed by atoms with E-state index in [-0.39, 0.29) is 40.9 Å². The van der Waals surface area contributed by atoms with E-state index < -0.39 is 38.2 Å². The van der Waals surface area contributed by atoms with Crippen molar-refractivity contribution in [3.05, 3.63) is 157 Å². The third-order valence-corrected chi connectivity index (χ3v) is 9.80. The van der Waals surface area contributed by atoms with E-state index in [1.54, 1.807) is 30.3 Å². The lowest BCUT2D eigenvalue weighted by Gasteiger charge is -2.26. The molecule has 0 aliphatic carbocycles. The Labute approximate surface area is 290 Å². The fraction of sp³-hybridized carbons (Fsp3) is 0.0882. The maximum Gasteiger partial charge on any atom is 0.268 e. The van der Waals surface area contributed by atoms with Gasteiger partial charge in [-0.15, -0.1) is 0 Å². The SMILES string of the molecule is O=C(c1ccc(N(Cc2ccc(F)cc2)S(=O)(=O)c2cc(Cl)cc(Cl)c2O)cc1)N(Cc1ccc(F)cc1)Cc1cc(Cl)cc(Cl)c1. The quantitative estimate of drug-likeness (QED) is 0.155. The first-order valence-corrected chi connectivity index (χ1v) is 16.8. The predicted octanol–water partition coefficient (Wildman–Crippen LogP) is 9.52. The van der Waals surface area contributed by atoms with Gasteiger partial charge in [0.2, 0.25) is 0 Å². The molecule has 242 valence electrons. The van der Waals surface area contributed by atoms with Crippen LogP contribution in [-0.4, -0.2) is 24.3 Å². The molecule has 0 aliphatic heterocycles. The zero-order valence-electron chi connectivity index (χ0n) is 24.2. The summed E-state index contributed by atoms with van der Waals surface area (Å²) >= 11 is 24.5. The number of hydrogen-bond donors (Lipinski definition) is 1. The van der Waals surface area contributed by atoms with Crippen molar-refractivity contribution < 1.29 is 27.1 Å². The highest BCUT2D eigenvalue weighted by Crippen LogP contribution is 2.38. The smallest absolute Gasteiger partial charge is 0.268 e. The molecular formula is C34H24Cl4F2N2O4S. The van der Waals surface area contributed by atoms with Crippen LogP contribution in [-0.2, 0) is 29.7 Å². The van der Waals surface area contributed by atoms with Crippen molar-refractivity contribution in [2.45, 2.75) is 24.5 Å². The molecule has 5 aromatic rings. The van der Waals surface area contributed by atoms with Crippen LogP contribution in [0.25, 0.3) is 0 Å². The summed E-state index contributed by atoms with van der Waals surface area (Å²) in [5, 5.41) is 11.1. The van der Waals surface area contributed by atoms with Gasteiger partial charge in [-0.3, -0.25) is 9.10 Å². The number of amides is 1. The highest BCUT2D eigenvalue weighted by Gasteiger charge is 2.30. The molecule has 0 fully saturated rings. The fourth-order valence-corrected chi connectivity index (χ4v) is 7.58. The Morgan fingerprint density at radius 1 is 0.638 bits per heavy atom. The van der Waals surface area contributed by atoms with Gasteiger partial charge in [0.1, 0.15) is 16.5 Å². The molecule has 6 nitrogen and oxygen atoms in total. The number of sulfonamides is 1. The van der Waals surface area contributed by atoms with Gasteiger partial charge in [0, 0.05) is 33.7 Å². The number of hydrogen-bond acceptors (Lipinski definition) is 4. The number of phenolic OH excluding ortho intramolecular Hbond substituents is 1. The number of benzene rings is 5. The predicted molar refractivity (Wildman–Crippen MR) is 181 cm³/mol. The van der Waals surface area contributed by atoms with Crippen LogP contribution in [0.4, 0.5) is 14.5 Å². The Kier molecular flexibility index (Phi) is 10.6. The van der Waals surface area contributed by atoms with Crippen molar-refractivity contribution in [1.29, 1.82) is 0 Å². The number of halogens is 6. The van der Waals surface area contributed by atoms with Gasteiger partial charge >= 0.3 is 0 Å². The van der Waals surface area contributed by atoms with E-state index in [0.717, 1.165) is 10.4 Å². The normalized spacial score (nSPS) is 11.4. The molecule has 0 aromatic heterocycles. The van der Waals surface area contributed by atoms with Crippen molar-refractivity contribution >= 4 is 68.0 Å². The lowest BCUT2D eigenvalue weighted by molar-refractivity contribution is 0.0730. The topological polar surface area (TPSA) is 77.9 Å². The summed E-state index contributed by atoms with van der Waals surface area (Å²) in [6, 6.07) is 24.0. The van der Waals surface area contributed by atoms with Crippen LogP contribution < -0.4 is 4.31 Å². The van der Waals surface area contributed by atoms with Crippen LogP contribution in [0.5, 0.6) is 5.75 Å². The second kappa shape index (κ2) is 14.5. The molecule has 13 heteroatoms. The first-order chi connectivity index (χ1) is 22.3. The van der Waals surface area contributed by atoms with E-state index in [4.69, 9.17) is 46.4 Å². The molecule has 1 amide bonds. The molecule has 0 saturated carbocycles. The zero-order chi connectivity index (χ0) is 33.9. The third-order valence-electron chi connectivity index (χ3n) is 7.07. The van der Waals surface area contributed by atoms with Crippen molar-refractivity contribution in [1.82, 2.24) is 4.90 Å². The van der Waals surface area contributed by atoms with Crippen LogP contribution in [0.15, 0.2) is 108 Å². The van der Waals surface area contributed by atoms with Crippen molar-refractivity contribution in [3.63, 3.8) is 0 Å². The lowest BCUT2D eigenvalue weighted by atomic mass is 10.1. The maximum atomic E-state index is 14.0. The molecule has 0 atom stereocenters. The highest BCUT2D eigenvalue weighted by atomic mass is 35.5. The molecule has 0 aliphatic rings. The van der Waals surface area contributed by atoms with Gasteiger partial charge in [0.05, 0.1) is 17.3 Å². The lowest BCUT2D eigenvalue weighted by Crippen LogP contribution is -2.31. The average Bonchev–Trinajstić information content (AvgIpc) is 3.02. The summed E-state index contributed by atoms with van der Waals surface area (Å²) in [7, 11) is -4.51. The molecule has 0 unspecified atom stereocenters. The molecule has 5 rings (SSSR count). The van der Waals surface area contributed by atoms with Crippen molar-refractivity contribution in [3.8, 4) is 5.75 Å². The number of carbonyl (C=O) groups is 1. The van der Waals surface area contributed by atoms with Crippen LogP contribution >= 0.6 is 46.4 Å². The van der Waals surface area contributed by atoms with Gasteiger partial charge in [0.25, 0.3) is 15.9 Å². The van der Waals surface area contributed by atoms with Gasteiger partial charge in [-0.2, -0.15) is 0 Å². The number of phenols is 1. The first kappa shape index (κ1) is 34.5. The van der Waals surface area contributed by atoms with Gasteiger partial charge in [-0.1, -0.05) is 70.7 Å². The Morgan fingerprint density at radius 2 is 1.13 bits per heavy atom. The van der Waals surface area contributed by atoms with Gasteiger partial charge in [0.15, 0.2) is 5.75 Å². The molecule has 0 heterocycles. The minimum absolute atomic E-state index is 0.0173. The number of nitrogens with zero attached hydrogens (tertiary/aromatic N) is 2. The Balaban J connectivity index is 1.51. The summed E-state index contributed by atoms with van der Waals surface area (Å²) in [6.45, 7) is -0.0331. The van der Waals surface area contributed by atoms with E-state index in [1.165, 1.54) is 71.6 Å². The van der Waals surface area contributed by atoms with Crippen LogP contribution in [0, 0.1) is 11.6 Å². The maximum absolute atomic E-state index is 14.0. The summed E-state index contributed by atoms with van der Waals surface area (Å²) in [4.78, 5) is 14.9. The zero-order valence-corrected chi connectivity index (χ0v) is 28.0. The minimum Gasteiger partial charge on any atom is -0.505 e. The van der Waals surface area contributed by atoms with E-state index in [0.29, 0.717) is 26.7 Å². The third kappa shape index (κ3) is 8.36. The molecule has 1 N–H and O–H groups in total. The number of anilines is 1. The number of carbonyl (C=O) groups excluding carboxylic acids is 1. The standard InChI is InChI=1S/C34H24Cl4F2N2O4S/c35-25-13-23(14-26(36)15-25)19-41(18-21-1-7-28(39)8-2-21)34(44)24-5-11-30(12-6-24)42(20-22-3-9-29(40)10-4-22)47(45,46)32-17-27(37)16-31(38)33(32)43/h1-17,43H,18-20H2. The van der Waals surface area contributed by atoms with Crippen molar-refractivity contribution in [2.75, 3.05) is 4.31 Å². The Morgan fingerprint density at radius 3 is 1.68 bits per heavy atom. The average molecular weight is 736 g/mol. The van der Waals surface area contributed by atoms with E-state index in [9.17, 15) is 27.1 Å². The summed E-state index contributed by atoms with van der Waals surface area (Å²) < 4.78 is 56.2. The molecular weight excluding hydrogens is 712 g/mol. The van der Waals surface area contributed by atoms with Gasteiger partial charge in [-0.05, 0) is 95.6 Å². The molecule has 0 spiro atoms. The summed E-state index contributed by atoms with van der Waals surface area (Å²) in [5.41, 5.74) is 2.12. The second-order valence-electron chi connectivity index (χ2n) is 10.5. The highest BCUT2D eigenvalue weighted by molar-refractivity contribution is 7.93. The summed E-state index contributed by atoms with van der Waals surface area (Å²) in [5.74, 6) is -2.03. The summed E-state index contributed by atoms with van der Waals surface area (Å²) in [6.07, 6.45) is 0. The van der Waals surface area contributed by atoms with Crippen LogP contribution in [0.2, 0.25) is 20.1 Å². The number of rotatable bonds is 10. The monoisotopic (exact) mass is 734 g/mol. The van der Waals surface area contributed by atoms with Crippen LogP contribution in [0.3, 0.4) is 0 Å². The number of aromatic hydroxyl groups is 1. The minimum atomic E-state index is -4.51.